The SMILES string of the molecule is CC(C)(CCO)N1CC(CS)CC1=O. The van der Waals surface area contributed by atoms with Crippen LogP contribution in [0.4, 0.5) is 0 Å². The van der Waals surface area contributed by atoms with E-state index in [2.05, 4.69) is 12.6 Å². The van der Waals surface area contributed by atoms with Crippen LogP contribution < -0.4 is 0 Å². The number of amides is 1. The third-order valence-electron chi connectivity index (χ3n) is 2.92. The van der Waals surface area contributed by atoms with Gasteiger partial charge in [0.15, 0.2) is 0 Å². The van der Waals surface area contributed by atoms with E-state index in [1.54, 1.807) is 0 Å². The largest absolute Gasteiger partial charge is 0.396 e. The summed E-state index contributed by atoms with van der Waals surface area (Å²) in [5.74, 6) is 1.34. The minimum atomic E-state index is -0.219. The van der Waals surface area contributed by atoms with Crippen molar-refractivity contribution in [2.75, 3.05) is 18.9 Å². The third-order valence-corrected chi connectivity index (χ3v) is 3.43. The summed E-state index contributed by atoms with van der Waals surface area (Å²) in [6, 6.07) is 0. The van der Waals surface area contributed by atoms with Gasteiger partial charge in [-0.2, -0.15) is 12.6 Å². The highest BCUT2D eigenvalue weighted by molar-refractivity contribution is 7.80. The van der Waals surface area contributed by atoms with Crippen molar-refractivity contribution in [2.24, 2.45) is 5.92 Å². The molecular weight excluding hydrogens is 198 g/mol. The topological polar surface area (TPSA) is 40.5 Å². The van der Waals surface area contributed by atoms with Gasteiger partial charge in [-0.15, -0.1) is 0 Å². The molecule has 4 heteroatoms. The van der Waals surface area contributed by atoms with Crippen molar-refractivity contribution in [1.29, 1.82) is 0 Å². The zero-order valence-corrected chi connectivity index (χ0v) is 9.76. The van der Waals surface area contributed by atoms with Gasteiger partial charge in [0.25, 0.3) is 0 Å². The minimum Gasteiger partial charge on any atom is -0.396 e. The van der Waals surface area contributed by atoms with Crippen molar-refractivity contribution in [2.45, 2.75) is 32.2 Å². The normalized spacial score (nSPS) is 23.3. The molecule has 0 aromatic carbocycles. The fraction of sp³-hybridized carbons (Fsp3) is 0.900. The number of aliphatic hydroxyl groups is 1. The van der Waals surface area contributed by atoms with Gasteiger partial charge in [0, 0.05) is 25.1 Å². The van der Waals surface area contributed by atoms with Crippen LogP contribution in [0.3, 0.4) is 0 Å². The van der Waals surface area contributed by atoms with Crippen molar-refractivity contribution in [3.05, 3.63) is 0 Å². The molecule has 1 aliphatic heterocycles. The predicted molar refractivity (Wildman–Crippen MR) is 59.5 cm³/mol. The number of carbonyl (C=O) groups excluding carboxylic acids is 1. The summed E-state index contributed by atoms with van der Waals surface area (Å²) in [5.41, 5.74) is -0.219. The Morgan fingerprint density at radius 3 is 2.71 bits per heavy atom. The van der Waals surface area contributed by atoms with Gasteiger partial charge < -0.3 is 10.0 Å². The highest BCUT2D eigenvalue weighted by Gasteiger charge is 2.37. The summed E-state index contributed by atoms with van der Waals surface area (Å²) < 4.78 is 0. The van der Waals surface area contributed by atoms with Crippen LogP contribution in [0.15, 0.2) is 0 Å². The van der Waals surface area contributed by atoms with Gasteiger partial charge in [-0.1, -0.05) is 0 Å². The molecule has 0 aliphatic carbocycles. The number of likely N-dealkylation sites (tertiary alicyclic amines) is 1. The number of thiol groups is 1. The molecular formula is C10H19NO2S. The molecule has 1 unspecified atom stereocenters. The molecule has 1 saturated heterocycles. The van der Waals surface area contributed by atoms with E-state index in [0.717, 1.165) is 12.3 Å². The van der Waals surface area contributed by atoms with Crippen LogP contribution in [0.1, 0.15) is 26.7 Å². The molecule has 1 heterocycles. The summed E-state index contributed by atoms with van der Waals surface area (Å²) in [6.45, 7) is 4.92. The van der Waals surface area contributed by atoms with Gasteiger partial charge in [-0.3, -0.25) is 4.79 Å². The van der Waals surface area contributed by atoms with Crippen LogP contribution >= 0.6 is 12.6 Å². The zero-order chi connectivity index (χ0) is 10.8. The standard InChI is InChI=1S/C10H19NO2S/c1-10(2,3-4-12)11-6-8(7-14)5-9(11)13/h8,12,14H,3-7H2,1-2H3. The molecule has 1 N–H and O–H groups in total. The number of hydrogen-bond acceptors (Lipinski definition) is 3. The van der Waals surface area contributed by atoms with E-state index < -0.39 is 0 Å². The molecule has 0 saturated carbocycles. The van der Waals surface area contributed by atoms with E-state index in [0.29, 0.717) is 18.8 Å². The molecule has 1 amide bonds. The maximum absolute atomic E-state index is 11.7. The second kappa shape index (κ2) is 4.53. The van der Waals surface area contributed by atoms with Gasteiger partial charge in [0.2, 0.25) is 5.91 Å². The molecule has 0 aromatic rings. The van der Waals surface area contributed by atoms with E-state index in [1.165, 1.54) is 0 Å². The highest BCUT2D eigenvalue weighted by Crippen LogP contribution is 2.28. The molecule has 3 nitrogen and oxygen atoms in total. The summed E-state index contributed by atoms with van der Waals surface area (Å²) in [7, 11) is 0. The summed E-state index contributed by atoms with van der Waals surface area (Å²) in [6.07, 6.45) is 1.25. The molecule has 1 rings (SSSR count). The van der Waals surface area contributed by atoms with E-state index >= 15 is 0 Å². The third kappa shape index (κ3) is 2.42. The first-order valence-corrected chi connectivity index (χ1v) is 5.66. The number of rotatable bonds is 4. The number of carbonyl (C=O) groups is 1. The number of nitrogens with zero attached hydrogens (tertiary/aromatic N) is 1. The van der Waals surface area contributed by atoms with Crippen molar-refractivity contribution in [3.8, 4) is 0 Å². The maximum atomic E-state index is 11.7. The first-order valence-electron chi connectivity index (χ1n) is 5.03. The Balaban J connectivity index is 2.64. The Labute approximate surface area is 90.9 Å². The van der Waals surface area contributed by atoms with E-state index in [4.69, 9.17) is 5.11 Å². The number of hydrogen-bond donors (Lipinski definition) is 2. The van der Waals surface area contributed by atoms with Crippen molar-refractivity contribution in [1.82, 2.24) is 4.90 Å². The molecule has 1 fully saturated rings. The van der Waals surface area contributed by atoms with Crippen molar-refractivity contribution < 1.29 is 9.90 Å². The van der Waals surface area contributed by atoms with Crippen LogP contribution in [0.5, 0.6) is 0 Å². The second-order valence-corrected chi connectivity index (χ2v) is 4.91. The monoisotopic (exact) mass is 217 g/mol. The maximum Gasteiger partial charge on any atom is 0.223 e. The van der Waals surface area contributed by atoms with Crippen LogP contribution in [0, 0.1) is 5.92 Å². The first-order chi connectivity index (χ1) is 6.51. The second-order valence-electron chi connectivity index (χ2n) is 4.54. The molecule has 1 atom stereocenters. The molecule has 14 heavy (non-hydrogen) atoms. The fourth-order valence-electron chi connectivity index (χ4n) is 1.90. The highest BCUT2D eigenvalue weighted by atomic mass is 32.1. The Morgan fingerprint density at radius 2 is 2.29 bits per heavy atom. The summed E-state index contributed by atoms with van der Waals surface area (Å²) in [5, 5.41) is 8.92. The molecule has 0 aromatic heterocycles. The molecule has 0 spiro atoms. The average Bonchev–Trinajstić information content (AvgIpc) is 2.47. The molecule has 82 valence electrons. The van der Waals surface area contributed by atoms with E-state index in [9.17, 15) is 4.79 Å². The van der Waals surface area contributed by atoms with Crippen LogP contribution in [0.2, 0.25) is 0 Å². The lowest BCUT2D eigenvalue weighted by Crippen LogP contribution is -2.45. The lowest BCUT2D eigenvalue weighted by Gasteiger charge is -2.35. The molecule has 1 aliphatic rings. The lowest BCUT2D eigenvalue weighted by atomic mass is 9.99. The van der Waals surface area contributed by atoms with Gasteiger partial charge in [-0.05, 0) is 31.9 Å². The van der Waals surface area contributed by atoms with E-state index in [-0.39, 0.29) is 18.1 Å². The quantitative estimate of drug-likeness (QED) is 0.688. The van der Waals surface area contributed by atoms with Crippen LogP contribution in [-0.2, 0) is 4.79 Å². The molecule has 0 radical (unpaired) electrons. The van der Waals surface area contributed by atoms with Crippen molar-refractivity contribution >= 4 is 18.5 Å². The molecule has 0 bridgehead atoms. The Morgan fingerprint density at radius 1 is 1.64 bits per heavy atom. The minimum absolute atomic E-state index is 0.127. The van der Waals surface area contributed by atoms with Crippen LogP contribution in [0.25, 0.3) is 0 Å². The average molecular weight is 217 g/mol. The van der Waals surface area contributed by atoms with Gasteiger partial charge in [0.1, 0.15) is 0 Å². The first kappa shape index (κ1) is 11.9. The Kier molecular flexibility index (Phi) is 3.84. The van der Waals surface area contributed by atoms with Gasteiger partial charge >= 0.3 is 0 Å². The Bertz CT molecular complexity index is 218. The Hall–Kier alpha value is -0.220. The summed E-state index contributed by atoms with van der Waals surface area (Å²) in [4.78, 5) is 13.6. The predicted octanol–water partition coefficient (Wildman–Crippen LogP) is 0.926. The zero-order valence-electron chi connectivity index (χ0n) is 8.86. The van der Waals surface area contributed by atoms with E-state index in [1.807, 2.05) is 18.7 Å². The van der Waals surface area contributed by atoms with Gasteiger partial charge in [0.05, 0.1) is 0 Å². The fourth-order valence-corrected chi connectivity index (χ4v) is 2.14. The van der Waals surface area contributed by atoms with Gasteiger partial charge in [-0.25, -0.2) is 0 Å². The summed E-state index contributed by atoms with van der Waals surface area (Å²) >= 11 is 4.22. The van der Waals surface area contributed by atoms with Crippen LogP contribution in [-0.4, -0.2) is 40.4 Å². The number of aliphatic hydroxyl groups excluding tert-OH is 1. The van der Waals surface area contributed by atoms with Crippen molar-refractivity contribution in [3.63, 3.8) is 0 Å². The smallest absolute Gasteiger partial charge is 0.223 e. The lowest BCUT2D eigenvalue weighted by molar-refractivity contribution is -0.132.